The van der Waals surface area contributed by atoms with Crippen molar-refractivity contribution >= 4 is 32.9 Å². The minimum absolute atomic E-state index is 0.233. The number of hydrogen-bond acceptors (Lipinski definition) is 4. The van der Waals surface area contributed by atoms with E-state index in [-0.39, 0.29) is 6.07 Å². The highest BCUT2D eigenvalue weighted by molar-refractivity contribution is 6.20. The molecule has 0 aliphatic carbocycles. The highest BCUT2D eigenvalue weighted by Crippen LogP contribution is 2.59. The predicted octanol–water partition coefficient (Wildman–Crippen LogP) is 5.78. The second kappa shape index (κ2) is 7.68. The van der Waals surface area contributed by atoms with E-state index in [4.69, 9.17) is 11.5 Å². The Kier molecular flexibility index (Phi) is 5.85. The van der Waals surface area contributed by atoms with Crippen molar-refractivity contribution in [1.82, 2.24) is 0 Å². The van der Waals surface area contributed by atoms with Crippen LogP contribution in [0.5, 0.6) is 0 Å². The first-order valence-corrected chi connectivity index (χ1v) is 9.28. The van der Waals surface area contributed by atoms with Gasteiger partial charge in [0.1, 0.15) is 0 Å². The molecule has 198 valence electrons. The molecular weight excluding hydrogens is 528 g/mol. The Hall–Kier alpha value is -3.14. The van der Waals surface area contributed by atoms with Gasteiger partial charge in [0, 0.05) is 38.7 Å². The first-order valence-electron chi connectivity index (χ1n) is 9.28. The lowest BCUT2D eigenvalue weighted by atomic mass is 9.78. The quantitative estimate of drug-likeness (QED) is 0.188. The lowest BCUT2D eigenvalue weighted by molar-refractivity contribution is -0.377. The van der Waals surface area contributed by atoms with E-state index in [2.05, 4.69) is 0 Å². The number of aliphatic hydroxyl groups is 2. The number of anilines is 2. The highest BCUT2D eigenvalue weighted by atomic mass is 19.4. The third-order valence-corrected chi connectivity index (χ3v) is 5.64. The molecule has 3 aromatic rings. The molecule has 0 aliphatic rings. The molecule has 0 fully saturated rings. The van der Waals surface area contributed by atoms with Gasteiger partial charge in [0.15, 0.2) is 0 Å². The molecule has 4 nitrogen and oxygen atoms in total. The lowest BCUT2D eigenvalue weighted by Crippen LogP contribution is -2.56. The van der Waals surface area contributed by atoms with Gasteiger partial charge in [-0.15, -0.1) is 0 Å². The summed E-state index contributed by atoms with van der Waals surface area (Å²) in [7, 11) is 0. The second-order valence-corrected chi connectivity index (χ2v) is 7.70. The molecule has 0 saturated heterocycles. The minimum Gasteiger partial charge on any atom is -0.398 e. The molecule has 0 aliphatic heterocycles. The van der Waals surface area contributed by atoms with Crippen molar-refractivity contribution in [2.24, 2.45) is 0 Å². The largest absolute Gasteiger partial charge is 0.430 e. The van der Waals surface area contributed by atoms with Gasteiger partial charge in [-0.05, 0) is 11.5 Å². The predicted molar refractivity (Wildman–Crippen MR) is 102 cm³/mol. The zero-order chi connectivity index (χ0) is 27.9. The number of fused-ring (bicyclic) bond motifs is 3. The highest BCUT2D eigenvalue weighted by Gasteiger charge is 2.75. The van der Waals surface area contributed by atoms with Gasteiger partial charge in [0.05, 0.1) is 0 Å². The van der Waals surface area contributed by atoms with Crippen LogP contribution in [0.2, 0.25) is 0 Å². The van der Waals surface area contributed by atoms with Crippen LogP contribution >= 0.6 is 0 Å². The standard InChI is InChI=1S/C20H12F12N2O2/c21-17(22,23)15(35,18(24,25)26)9-5-6-10(33)11-7-3-1-2-4-8(7)14(34)13(12(9)11)16(36,19(27,28)29)20(30,31)32/h1-6,35-36H,33-34H2. The van der Waals surface area contributed by atoms with Crippen molar-refractivity contribution in [2.45, 2.75) is 35.9 Å². The Labute approximate surface area is 191 Å². The van der Waals surface area contributed by atoms with E-state index in [1.165, 1.54) is 0 Å². The Bertz CT molecular complexity index is 1310. The number of nitrogens with two attached hydrogens (primary N) is 2. The van der Waals surface area contributed by atoms with Gasteiger partial charge >= 0.3 is 24.7 Å². The third-order valence-electron chi connectivity index (χ3n) is 5.64. The summed E-state index contributed by atoms with van der Waals surface area (Å²) >= 11 is 0. The summed E-state index contributed by atoms with van der Waals surface area (Å²) < 4.78 is 165. The van der Waals surface area contributed by atoms with Crippen LogP contribution in [-0.2, 0) is 11.2 Å². The maximum Gasteiger partial charge on any atom is 0.430 e. The normalized spacial score (nSPS) is 14.6. The number of halogens is 12. The first kappa shape index (κ1) is 27.4. The van der Waals surface area contributed by atoms with Crippen LogP contribution in [0.4, 0.5) is 64.1 Å². The summed E-state index contributed by atoms with van der Waals surface area (Å²) in [6.45, 7) is 0. The van der Waals surface area contributed by atoms with Crippen LogP contribution in [0, 0.1) is 0 Å². The third kappa shape index (κ3) is 3.48. The SMILES string of the molecule is Nc1c(C(O)(C(F)(F)F)C(F)(F)F)c2c(C(O)(C(F)(F)F)C(F)(F)F)ccc(N)c2c2ccccc12. The number of nitrogen functional groups attached to an aromatic ring is 2. The van der Waals surface area contributed by atoms with Crippen LogP contribution in [0.25, 0.3) is 21.5 Å². The van der Waals surface area contributed by atoms with Crippen LogP contribution in [0.3, 0.4) is 0 Å². The Morgan fingerprint density at radius 1 is 0.528 bits per heavy atom. The number of alkyl halides is 12. The molecule has 0 atom stereocenters. The number of benzene rings is 3. The fourth-order valence-electron chi connectivity index (χ4n) is 3.96. The van der Waals surface area contributed by atoms with E-state index in [0.717, 1.165) is 24.3 Å². The monoisotopic (exact) mass is 540 g/mol. The molecule has 0 radical (unpaired) electrons. The molecule has 0 bridgehead atoms. The van der Waals surface area contributed by atoms with E-state index in [1.807, 2.05) is 0 Å². The molecule has 0 unspecified atom stereocenters. The molecule has 3 rings (SSSR count). The van der Waals surface area contributed by atoms with E-state index >= 15 is 0 Å². The topological polar surface area (TPSA) is 92.5 Å². The average Bonchev–Trinajstić information content (AvgIpc) is 2.70. The molecule has 36 heavy (non-hydrogen) atoms. The van der Waals surface area contributed by atoms with Gasteiger partial charge in [-0.3, -0.25) is 0 Å². The zero-order valence-corrected chi connectivity index (χ0v) is 17.0. The van der Waals surface area contributed by atoms with Crippen molar-refractivity contribution in [3.05, 3.63) is 47.5 Å². The molecule has 0 aromatic heterocycles. The van der Waals surface area contributed by atoms with E-state index in [1.54, 1.807) is 0 Å². The summed E-state index contributed by atoms with van der Waals surface area (Å²) in [4.78, 5) is 0. The summed E-state index contributed by atoms with van der Waals surface area (Å²) in [5, 5.41) is 15.4. The number of rotatable bonds is 2. The molecule has 0 saturated carbocycles. The zero-order valence-electron chi connectivity index (χ0n) is 17.0. The summed E-state index contributed by atoms with van der Waals surface area (Å²) in [6.07, 6.45) is -27.0. The van der Waals surface area contributed by atoms with Crippen molar-refractivity contribution in [1.29, 1.82) is 0 Å². The number of hydrogen-bond donors (Lipinski definition) is 4. The molecule has 0 amide bonds. The summed E-state index contributed by atoms with van der Waals surface area (Å²) in [5.41, 5.74) is -8.62. The Balaban J connectivity index is 2.86. The summed E-state index contributed by atoms with van der Waals surface area (Å²) in [5.74, 6) is 0. The average molecular weight is 540 g/mol. The van der Waals surface area contributed by atoms with E-state index in [9.17, 15) is 62.9 Å². The maximum atomic E-state index is 13.8. The Morgan fingerprint density at radius 2 is 0.944 bits per heavy atom. The minimum atomic E-state index is -6.77. The van der Waals surface area contributed by atoms with Crippen LogP contribution in [-0.4, -0.2) is 34.9 Å². The molecular formula is C20H12F12N2O2. The van der Waals surface area contributed by atoms with Crippen LogP contribution in [0.1, 0.15) is 11.1 Å². The van der Waals surface area contributed by atoms with Gasteiger partial charge in [-0.1, -0.05) is 30.3 Å². The Morgan fingerprint density at radius 3 is 1.36 bits per heavy atom. The molecule has 0 heterocycles. The van der Waals surface area contributed by atoms with Crippen LogP contribution in [0.15, 0.2) is 36.4 Å². The van der Waals surface area contributed by atoms with Crippen LogP contribution < -0.4 is 11.5 Å². The second-order valence-electron chi connectivity index (χ2n) is 7.70. The smallest absolute Gasteiger partial charge is 0.398 e. The van der Waals surface area contributed by atoms with Crippen molar-refractivity contribution in [3.63, 3.8) is 0 Å². The van der Waals surface area contributed by atoms with E-state index < -0.39 is 80.0 Å². The first-order chi connectivity index (χ1) is 16.0. The van der Waals surface area contributed by atoms with Crippen molar-refractivity contribution in [3.8, 4) is 0 Å². The van der Waals surface area contributed by atoms with Gasteiger partial charge in [0.25, 0.3) is 11.2 Å². The lowest BCUT2D eigenvalue weighted by Gasteiger charge is -2.38. The van der Waals surface area contributed by atoms with Gasteiger partial charge in [-0.25, -0.2) is 0 Å². The van der Waals surface area contributed by atoms with Gasteiger partial charge < -0.3 is 21.7 Å². The van der Waals surface area contributed by atoms with E-state index in [0.29, 0.717) is 6.07 Å². The van der Waals surface area contributed by atoms with Gasteiger partial charge in [0.2, 0.25) is 0 Å². The molecule has 16 heteroatoms. The molecule has 0 spiro atoms. The van der Waals surface area contributed by atoms with Crippen molar-refractivity contribution < 1.29 is 62.9 Å². The fourth-order valence-corrected chi connectivity index (χ4v) is 3.96. The fraction of sp³-hybridized carbons (Fsp3) is 0.300. The molecule has 6 N–H and O–H groups in total. The molecule has 3 aromatic carbocycles. The van der Waals surface area contributed by atoms with Crippen molar-refractivity contribution in [2.75, 3.05) is 11.5 Å². The maximum absolute atomic E-state index is 13.8. The summed E-state index contributed by atoms with van der Waals surface area (Å²) in [6, 6.07) is 3.93. The van der Waals surface area contributed by atoms with Gasteiger partial charge in [-0.2, -0.15) is 52.7 Å².